The molecule has 2 heterocycles. The summed E-state index contributed by atoms with van der Waals surface area (Å²) in [7, 11) is 0. The zero-order chi connectivity index (χ0) is 17.9. The van der Waals surface area contributed by atoms with E-state index in [-0.39, 0.29) is 5.69 Å². The van der Waals surface area contributed by atoms with Gasteiger partial charge in [-0.3, -0.25) is 9.69 Å². The first-order chi connectivity index (χ1) is 11.9. The van der Waals surface area contributed by atoms with E-state index in [4.69, 9.17) is 4.74 Å². The first kappa shape index (κ1) is 17.2. The fourth-order valence-corrected chi connectivity index (χ4v) is 2.63. The van der Waals surface area contributed by atoms with E-state index >= 15 is 0 Å². The molecule has 1 fully saturated rings. The minimum Gasteiger partial charge on any atom is -0.373 e. The third-order valence-corrected chi connectivity index (χ3v) is 3.85. The van der Waals surface area contributed by atoms with Gasteiger partial charge in [0.2, 0.25) is 0 Å². The molecular formula is C17H17F3N3O2+. The van der Waals surface area contributed by atoms with Crippen molar-refractivity contribution in [3.8, 4) is 0 Å². The van der Waals surface area contributed by atoms with Crippen molar-refractivity contribution in [2.75, 3.05) is 36.5 Å². The summed E-state index contributed by atoms with van der Waals surface area (Å²) < 4.78 is 43.7. The molecular weight excluding hydrogens is 335 g/mol. The van der Waals surface area contributed by atoms with Crippen LogP contribution < -0.4 is 15.2 Å². The summed E-state index contributed by atoms with van der Waals surface area (Å²) >= 11 is 0. The Balaban J connectivity index is 1.82. The average Bonchev–Trinajstić information content (AvgIpc) is 2.62. The number of halogens is 3. The van der Waals surface area contributed by atoms with E-state index < -0.39 is 17.6 Å². The van der Waals surface area contributed by atoms with Crippen molar-refractivity contribution in [1.29, 1.82) is 0 Å². The van der Waals surface area contributed by atoms with Gasteiger partial charge in [0.15, 0.2) is 0 Å². The Morgan fingerprint density at radius 3 is 2.64 bits per heavy atom. The highest BCUT2D eigenvalue weighted by atomic mass is 19.4. The van der Waals surface area contributed by atoms with Crippen LogP contribution in [0, 0.1) is 0 Å². The number of hydrogen-bond acceptors (Lipinski definition) is 3. The van der Waals surface area contributed by atoms with E-state index in [1.165, 1.54) is 12.1 Å². The van der Waals surface area contributed by atoms with E-state index in [1.54, 1.807) is 18.3 Å². The molecule has 1 aromatic heterocycles. The van der Waals surface area contributed by atoms with Crippen LogP contribution in [0.5, 0.6) is 0 Å². The Hall–Kier alpha value is -2.61. The number of nitrogens with one attached hydrogen (secondary N) is 2. The zero-order valence-corrected chi connectivity index (χ0v) is 13.3. The molecule has 5 nitrogen and oxygen atoms in total. The number of aromatic nitrogens is 1. The summed E-state index contributed by atoms with van der Waals surface area (Å²) in [4.78, 5) is 17.6. The van der Waals surface area contributed by atoms with Crippen molar-refractivity contribution in [1.82, 2.24) is 0 Å². The lowest BCUT2D eigenvalue weighted by Crippen LogP contribution is -2.40. The molecule has 2 N–H and O–H groups in total. The summed E-state index contributed by atoms with van der Waals surface area (Å²) in [6.07, 6.45) is -2.76. The molecule has 25 heavy (non-hydrogen) atoms. The lowest BCUT2D eigenvalue weighted by molar-refractivity contribution is -0.364. The zero-order valence-electron chi connectivity index (χ0n) is 13.3. The van der Waals surface area contributed by atoms with Crippen LogP contribution in [0.15, 0.2) is 42.6 Å². The fourth-order valence-electron chi connectivity index (χ4n) is 2.63. The summed E-state index contributed by atoms with van der Waals surface area (Å²) in [5.41, 5.74) is -0.350. The number of alkyl halides is 3. The minimum atomic E-state index is -4.46. The molecule has 132 valence electrons. The number of carbonyl (C=O) groups excluding carboxylic acids is 1. The Bertz CT molecular complexity index is 759. The van der Waals surface area contributed by atoms with Crippen LogP contribution in [0.25, 0.3) is 0 Å². The van der Waals surface area contributed by atoms with Crippen molar-refractivity contribution >= 4 is 17.4 Å². The van der Waals surface area contributed by atoms with Gasteiger partial charge in [-0.05, 0) is 30.3 Å². The van der Waals surface area contributed by atoms with Crippen LogP contribution >= 0.6 is 0 Å². The molecule has 0 bridgehead atoms. The van der Waals surface area contributed by atoms with Gasteiger partial charge in [0, 0.05) is 5.69 Å². The topological polar surface area (TPSA) is 55.7 Å². The molecule has 0 unspecified atom stereocenters. The average molecular weight is 352 g/mol. The summed E-state index contributed by atoms with van der Waals surface area (Å²) in [6, 6.07) is 7.87. The molecule has 0 aliphatic carbocycles. The fraction of sp³-hybridized carbons (Fsp3) is 0.294. The SMILES string of the molecule is O=C(Nc1cccc(C(F)(F)F)c1)c1ccc[nH+]c1N1CCOCC1. The maximum absolute atomic E-state index is 12.8. The third-order valence-electron chi connectivity index (χ3n) is 3.85. The molecule has 1 aromatic carbocycles. The lowest BCUT2D eigenvalue weighted by atomic mass is 10.1. The van der Waals surface area contributed by atoms with E-state index in [0.29, 0.717) is 37.7 Å². The first-order valence-corrected chi connectivity index (χ1v) is 7.77. The normalized spacial score (nSPS) is 15.1. The van der Waals surface area contributed by atoms with Crippen LogP contribution in [0.1, 0.15) is 15.9 Å². The van der Waals surface area contributed by atoms with Crippen molar-refractivity contribution in [2.45, 2.75) is 6.18 Å². The molecule has 1 aliphatic rings. The second-order valence-electron chi connectivity index (χ2n) is 5.56. The molecule has 1 saturated heterocycles. The molecule has 0 saturated carbocycles. The van der Waals surface area contributed by atoms with Crippen molar-refractivity contribution in [3.05, 3.63) is 53.7 Å². The summed E-state index contributed by atoms with van der Waals surface area (Å²) in [6.45, 7) is 2.36. The highest BCUT2D eigenvalue weighted by Crippen LogP contribution is 2.30. The Morgan fingerprint density at radius 2 is 1.92 bits per heavy atom. The van der Waals surface area contributed by atoms with Gasteiger partial charge in [-0.25, -0.2) is 4.98 Å². The van der Waals surface area contributed by atoms with Gasteiger partial charge in [0.25, 0.3) is 11.7 Å². The van der Waals surface area contributed by atoms with Crippen molar-refractivity contribution in [3.63, 3.8) is 0 Å². The van der Waals surface area contributed by atoms with Gasteiger partial charge in [-0.1, -0.05) is 6.07 Å². The second-order valence-corrected chi connectivity index (χ2v) is 5.56. The maximum Gasteiger partial charge on any atom is 0.416 e. The highest BCUT2D eigenvalue weighted by molar-refractivity contribution is 6.07. The third kappa shape index (κ3) is 4.08. The van der Waals surface area contributed by atoms with Gasteiger partial charge in [0.05, 0.1) is 25.0 Å². The number of hydrogen-bond donors (Lipinski definition) is 1. The summed E-state index contributed by atoms with van der Waals surface area (Å²) in [5, 5.41) is 2.53. The number of aromatic amines is 1. The van der Waals surface area contributed by atoms with Crippen LogP contribution in [-0.4, -0.2) is 32.2 Å². The molecule has 1 amide bonds. The van der Waals surface area contributed by atoms with E-state index in [1.807, 2.05) is 4.90 Å². The lowest BCUT2D eigenvalue weighted by Gasteiger charge is -2.22. The van der Waals surface area contributed by atoms with Crippen LogP contribution in [0.4, 0.5) is 24.7 Å². The predicted octanol–water partition coefficient (Wildman–Crippen LogP) is 2.61. The van der Waals surface area contributed by atoms with Crippen LogP contribution in [-0.2, 0) is 10.9 Å². The standard InChI is InChI=1S/C17H16F3N3O2/c18-17(19,20)12-3-1-4-13(11-12)22-16(24)14-5-2-6-21-15(14)23-7-9-25-10-8-23/h1-6,11H,7-10H2,(H,22,24)/p+1. The molecule has 0 atom stereocenters. The molecule has 1 aliphatic heterocycles. The van der Waals surface area contributed by atoms with Gasteiger partial charge in [0.1, 0.15) is 18.7 Å². The van der Waals surface area contributed by atoms with E-state index in [0.717, 1.165) is 12.1 Å². The Morgan fingerprint density at radius 1 is 1.16 bits per heavy atom. The number of anilines is 2. The van der Waals surface area contributed by atoms with Gasteiger partial charge >= 0.3 is 6.18 Å². The maximum atomic E-state index is 12.8. The Kier molecular flexibility index (Phi) is 4.89. The van der Waals surface area contributed by atoms with Crippen molar-refractivity contribution in [2.24, 2.45) is 0 Å². The number of ether oxygens (including phenoxy) is 1. The number of amides is 1. The van der Waals surface area contributed by atoms with Crippen LogP contribution in [0.2, 0.25) is 0 Å². The van der Waals surface area contributed by atoms with E-state index in [2.05, 4.69) is 10.3 Å². The number of pyridine rings is 1. The number of rotatable bonds is 3. The number of nitrogens with zero attached hydrogens (tertiary/aromatic N) is 1. The smallest absolute Gasteiger partial charge is 0.373 e. The molecule has 2 aromatic rings. The second kappa shape index (κ2) is 7.10. The van der Waals surface area contributed by atoms with Crippen molar-refractivity contribution < 1.29 is 27.7 Å². The first-order valence-electron chi connectivity index (χ1n) is 7.77. The minimum absolute atomic E-state index is 0.0941. The number of benzene rings is 1. The number of carbonyl (C=O) groups is 1. The van der Waals surface area contributed by atoms with Crippen LogP contribution in [0.3, 0.4) is 0 Å². The quantitative estimate of drug-likeness (QED) is 0.924. The Labute approximate surface area is 142 Å². The monoisotopic (exact) mass is 352 g/mol. The predicted molar refractivity (Wildman–Crippen MR) is 85.4 cm³/mol. The molecule has 8 heteroatoms. The van der Waals surface area contributed by atoms with Gasteiger partial charge in [-0.2, -0.15) is 13.2 Å². The number of H-pyrrole nitrogens is 1. The van der Waals surface area contributed by atoms with E-state index in [9.17, 15) is 18.0 Å². The molecule has 3 rings (SSSR count). The highest BCUT2D eigenvalue weighted by Gasteiger charge is 2.31. The summed E-state index contributed by atoms with van der Waals surface area (Å²) in [5.74, 6) is 0.146. The molecule has 0 radical (unpaired) electrons. The van der Waals surface area contributed by atoms with Gasteiger partial charge < -0.3 is 10.1 Å². The molecule has 0 spiro atoms. The number of morpholine rings is 1. The van der Waals surface area contributed by atoms with Gasteiger partial charge in [-0.15, -0.1) is 0 Å². The largest absolute Gasteiger partial charge is 0.416 e.